The first-order valence-electron chi connectivity index (χ1n) is 6.75. The van der Waals surface area contributed by atoms with Crippen LogP contribution in [-0.4, -0.2) is 56.3 Å². The highest BCUT2D eigenvalue weighted by molar-refractivity contribution is 7.15. The van der Waals surface area contributed by atoms with Crippen LogP contribution in [0.2, 0.25) is 0 Å². The Morgan fingerprint density at radius 3 is 2.62 bits per heavy atom. The van der Waals surface area contributed by atoms with E-state index in [1.165, 1.54) is 0 Å². The van der Waals surface area contributed by atoms with E-state index < -0.39 is 0 Å². The lowest BCUT2D eigenvalue weighted by Crippen LogP contribution is -2.47. The summed E-state index contributed by atoms with van der Waals surface area (Å²) in [4.78, 5) is 20.4. The Labute approximate surface area is 124 Å². The van der Waals surface area contributed by atoms with Gasteiger partial charge in [-0.1, -0.05) is 11.3 Å². The van der Waals surface area contributed by atoms with Crippen LogP contribution in [0, 0.1) is 6.92 Å². The molecule has 0 amide bonds. The Morgan fingerprint density at radius 2 is 1.86 bits per heavy atom. The highest BCUT2D eigenvalue weighted by atomic mass is 32.1. The van der Waals surface area contributed by atoms with Crippen molar-refractivity contribution >= 4 is 33.5 Å². The summed E-state index contributed by atoms with van der Waals surface area (Å²) in [6, 6.07) is 0. The van der Waals surface area contributed by atoms with E-state index in [1.807, 2.05) is 6.92 Å². The molecule has 0 spiro atoms. The van der Waals surface area contributed by atoms with Crippen LogP contribution in [0.5, 0.6) is 0 Å². The van der Waals surface area contributed by atoms with Crippen molar-refractivity contribution in [2.75, 3.05) is 36.0 Å². The van der Waals surface area contributed by atoms with Crippen LogP contribution in [-0.2, 0) is 0 Å². The molecule has 1 fully saturated rings. The van der Waals surface area contributed by atoms with E-state index in [0.29, 0.717) is 5.65 Å². The molecule has 108 valence electrons. The molecule has 0 unspecified atom stereocenters. The quantitative estimate of drug-likeness (QED) is 0.750. The van der Waals surface area contributed by atoms with Gasteiger partial charge in [0, 0.05) is 26.2 Å². The van der Waals surface area contributed by atoms with Crippen LogP contribution in [0.25, 0.3) is 11.2 Å². The zero-order valence-corrected chi connectivity index (χ0v) is 12.3. The third-order valence-corrected chi connectivity index (χ3v) is 4.47. The van der Waals surface area contributed by atoms with Crippen LogP contribution in [0.3, 0.4) is 0 Å². The maximum absolute atomic E-state index is 4.40. The Bertz CT molecular complexity index is 757. The van der Waals surface area contributed by atoms with Gasteiger partial charge in [0.25, 0.3) is 0 Å². The summed E-state index contributed by atoms with van der Waals surface area (Å²) in [5.41, 5.74) is 1.61. The number of hydrogen-bond acceptors (Lipinski definition) is 8. The monoisotopic (exact) mass is 302 g/mol. The molecule has 1 aliphatic heterocycles. The van der Waals surface area contributed by atoms with E-state index in [-0.39, 0.29) is 0 Å². The van der Waals surface area contributed by atoms with E-state index in [1.54, 1.807) is 24.0 Å². The van der Waals surface area contributed by atoms with Gasteiger partial charge in [-0.2, -0.15) is 0 Å². The minimum atomic E-state index is 0.710. The van der Waals surface area contributed by atoms with Gasteiger partial charge in [0.1, 0.15) is 16.9 Å². The molecule has 3 aromatic heterocycles. The lowest BCUT2D eigenvalue weighted by atomic mass is 10.3. The summed E-state index contributed by atoms with van der Waals surface area (Å²) in [6.45, 7) is 5.59. The number of piperazine rings is 1. The van der Waals surface area contributed by atoms with Gasteiger partial charge in [0.05, 0.1) is 6.33 Å². The number of imidazole rings is 1. The van der Waals surface area contributed by atoms with E-state index in [0.717, 1.165) is 47.7 Å². The number of fused-ring (bicyclic) bond motifs is 1. The molecule has 8 nitrogen and oxygen atoms in total. The van der Waals surface area contributed by atoms with Crippen LogP contribution >= 0.6 is 11.3 Å². The average Bonchev–Trinajstić information content (AvgIpc) is 3.15. The molecule has 0 atom stereocenters. The summed E-state index contributed by atoms with van der Waals surface area (Å²) in [5, 5.41) is 10.3. The molecule has 4 heterocycles. The van der Waals surface area contributed by atoms with Crippen LogP contribution < -0.4 is 9.80 Å². The van der Waals surface area contributed by atoms with Crippen molar-refractivity contribution in [1.29, 1.82) is 0 Å². The number of hydrogen-bond donors (Lipinski definition) is 1. The Balaban J connectivity index is 1.53. The summed E-state index contributed by atoms with van der Waals surface area (Å²) in [7, 11) is 0. The van der Waals surface area contributed by atoms with E-state index in [4.69, 9.17) is 0 Å². The second-order valence-corrected chi connectivity index (χ2v) is 6.04. The lowest BCUT2D eigenvalue weighted by molar-refractivity contribution is 0.644. The molecule has 21 heavy (non-hydrogen) atoms. The SMILES string of the molecule is Cc1nnc(N2CCN(c3ncnc4nc[nH]c34)CC2)s1. The normalized spacial score (nSPS) is 15.9. The minimum absolute atomic E-state index is 0.710. The summed E-state index contributed by atoms with van der Waals surface area (Å²) < 4.78 is 0. The fourth-order valence-electron chi connectivity index (χ4n) is 2.52. The number of H-pyrrole nitrogens is 1. The molecule has 1 saturated heterocycles. The highest BCUT2D eigenvalue weighted by Crippen LogP contribution is 2.24. The average molecular weight is 302 g/mol. The van der Waals surface area contributed by atoms with E-state index in [9.17, 15) is 0 Å². The van der Waals surface area contributed by atoms with Crippen molar-refractivity contribution < 1.29 is 0 Å². The molecule has 0 aromatic carbocycles. The number of nitrogens with zero attached hydrogens (tertiary/aromatic N) is 7. The van der Waals surface area contributed by atoms with Gasteiger partial charge >= 0.3 is 0 Å². The first-order valence-corrected chi connectivity index (χ1v) is 7.57. The molecule has 1 N–H and O–H groups in total. The maximum Gasteiger partial charge on any atom is 0.208 e. The predicted octanol–water partition coefficient (Wildman–Crippen LogP) is 0.839. The molecule has 0 radical (unpaired) electrons. The van der Waals surface area contributed by atoms with Gasteiger partial charge in [-0.25, -0.2) is 15.0 Å². The van der Waals surface area contributed by atoms with E-state index >= 15 is 0 Å². The van der Waals surface area contributed by atoms with Crippen LogP contribution in [0.1, 0.15) is 5.01 Å². The smallest absolute Gasteiger partial charge is 0.208 e. The lowest BCUT2D eigenvalue weighted by Gasteiger charge is -2.34. The Hall–Kier alpha value is -2.29. The van der Waals surface area contributed by atoms with Gasteiger partial charge in [-0.05, 0) is 6.92 Å². The molecule has 0 bridgehead atoms. The second-order valence-electron chi connectivity index (χ2n) is 4.88. The van der Waals surface area contributed by atoms with Gasteiger partial charge in [0.2, 0.25) is 5.13 Å². The maximum atomic E-state index is 4.40. The number of aryl methyl sites for hydroxylation is 1. The van der Waals surface area contributed by atoms with Crippen molar-refractivity contribution in [2.45, 2.75) is 6.92 Å². The van der Waals surface area contributed by atoms with Crippen molar-refractivity contribution in [3.05, 3.63) is 17.7 Å². The Kier molecular flexibility index (Phi) is 2.92. The van der Waals surface area contributed by atoms with Gasteiger partial charge < -0.3 is 14.8 Å². The van der Waals surface area contributed by atoms with Crippen molar-refractivity contribution in [3.8, 4) is 0 Å². The van der Waals surface area contributed by atoms with Crippen molar-refractivity contribution in [3.63, 3.8) is 0 Å². The van der Waals surface area contributed by atoms with Crippen molar-refractivity contribution in [1.82, 2.24) is 30.1 Å². The predicted molar refractivity (Wildman–Crippen MR) is 80.8 cm³/mol. The highest BCUT2D eigenvalue weighted by Gasteiger charge is 2.22. The first kappa shape index (κ1) is 12.5. The number of aromatic nitrogens is 6. The minimum Gasteiger partial charge on any atom is -0.351 e. The zero-order chi connectivity index (χ0) is 14.2. The number of anilines is 2. The number of rotatable bonds is 2. The zero-order valence-electron chi connectivity index (χ0n) is 11.5. The third-order valence-electron chi connectivity index (χ3n) is 3.57. The van der Waals surface area contributed by atoms with E-state index in [2.05, 4.69) is 39.9 Å². The van der Waals surface area contributed by atoms with Crippen molar-refractivity contribution in [2.24, 2.45) is 0 Å². The topological polar surface area (TPSA) is 86.7 Å². The fourth-order valence-corrected chi connectivity index (χ4v) is 3.25. The molecule has 3 aromatic rings. The molecule has 0 saturated carbocycles. The number of nitrogens with one attached hydrogen (secondary N) is 1. The van der Waals surface area contributed by atoms with Gasteiger partial charge in [-0.15, -0.1) is 10.2 Å². The molecular weight excluding hydrogens is 288 g/mol. The largest absolute Gasteiger partial charge is 0.351 e. The molecule has 1 aliphatic rings. The number of aromatic amines is 1. The molecule has 0 aliphatic carbocycles. The fraction of sp³-hybridized carbons (Fsp3) is 0.417. The summed E-state index contributed by atoms with van der Waals surface area (Å²) in [6.07, 6.45) is 3.22. The standard InChI is InChI=1S/C12H14N8S/c1-8-17-18-12(21-8)20-4-2-19(3-5-20)11-9-10(14-6-13-9)15-7-16-11/h6-7H,2-5H2,1H3,(H,13,14,15,16). The van der Waals surface area contributed by atoms with Crippen LogP contribution in [0.4, 0.5) is 10.9 Å². The Morgan fingerprint density at radius 1 is 1.05 bits per heavy atom. The third kappa shape index (κ3) is 2.19. The summed E-state index contributed by atoms with van der Waals surface area (Å²) >= 11 is 1.64. The molecule has 4 rings (SSSR count). The first-order chi connectivity index (χ1) is 10.3. The molecule has 9 heteroatoms. The summed E-state index contributed by atoms with van der Waals surface area (Å²) in [5.74, 6) is 0.922. The van der Waals surface area contributed by atoms with Crippen LogP contribution in [0.15, 0.2) is 12.7 Å². The molecular formula is C12H14N8S. The second kappa shape index (κ2) is 4.92. The van der Waals surface area contributed by atoms with Gasteiger partial charge in [-0.3, -0.25) is 0 Å². The van der Waals surface area contributed by atoms with Gasteiger partial charge in [0.15, 0.2) is 11.5 Å².